The molecule has 0 fully saturated rings. The molecule has 0 aliphatic heterocycles. The second-order valence-electron chi connectivity index (χ2n) is 5.82. The first kappa shape index (κ1) is 17.2. The predicted molar refractivity (Wildman–Crippen MR) is 101 cm³/mol. The van der Waals surface area contributed by atoms with E-state index in [2.05, 4.69) is 53.8 Å². The fourth-order valence-corrected chi connectivity index (χ4v) is 2.88. The van der Waals surface area contributed by atoms with Crippen molar-refractivity contribution in [2.75, 3.05) is 13.2 Å². The summed E-state index contributed by atoms with van der Waals surface area (Å²) < 4.78 is 5.64. The van der Waals surface area contributed by atoms with Gasteiger partial charge < -0.3 is 15.2 Å². The SMILES string of the molecule is OCCOc1ccccc1CNC(c1ccccc1)c1ccccc1. The zero-order valence-electron chi connectivity index (χ0n) is 14.1. The van der Waals surface area contributed by atoms with Gasteiger partial charge in [0.05, 0.1) is 12.6 Å². The Morgan fingerprint density at radius 2 is 1.32 bits per heavy atom. The highest BCUT2D eigenvalue weighted by Crippen LogP contribution is 2.24. The summed E-state index contributed by atoms with van der Waals surface area (Å²) in [5.74, 6) is 0.809. The van der Waals surface area contributed by atoms with Crippen LogP contribution in [0.25, 0.3) is 0 Å². The van der Waals surface area contributed by atoms with E-state index in [0.29, 0.717) is 13.2 Å². The quantitative estimate of drug-likeness (QED) is 0.656. The molecule has 0 amide bonds. The molecule has 128 valence electrons. The molecule has 0 atom stereocenters. The topological polar surface area (TPSA) is 41.5 Å². The van der Waals surface area contributed by atoms with E-state index in [1.807, 2.05) is 36.4 Å². The van der Waals surface area contributed by atoms with Crippen molar-refractivity contribution in [3.8, 4) is 5.75 Å². The lowest BCUT2D eigenvalue weighted by atomic mass is 9.98. The van der Waals surface area contributed by atoms with Gasteiger partial charge in [-0.1, -0.05) is 78.9 Å². The Labute approximate surface area is 148 Å². The van der Waals surface area contributed by atoms with Gasteiger partial charge in [0.15, 0.2) is 0 Å². The zero-order valence-corrected chi connectivity index (χ0v) is 14.1. The number of para-hydroxylation sites is 1. The first-order valence-corrected chi connectivity index (χ1v) is 8.53. The van der Waals surface area contributed by atoms with Crippen LogP contribution in [0.5, 0.6) is 5.75 Å². The van der Waals surface area contributed by atoms with E-state index < -0.39 is 0 Å². The monoisotopic (exact) mass is 333 g/mol. The summed E-state index contributed by atoms with van der Waals surface area (Å²) in [5, 5.41) is 12.6. The minimum atomic E-state index is 0.0123. The van der Waals surface area contributed by atoms with Crippen molar-refractivity contribution < 1.29 is 9.84 Å². The van der Waals surface area contributed by atoms with Crippen molar-refractivity contribution in [2.24, 2.45) is 0 Å². The number of benzene rings is 3. The Balaban J connectivity index is 1.80. The summed E-state index contributed by atoms with van der Waals surface area (Å²) in [6, 6.07) is 28.9. The van der Waals surface area contributed by atoms with E-state index >= 15 is 0 Å². The molecule has 0 bridgehead atoms. The molecule has 0 aliphatic carbocycles. The highest BCUT2D eigenvalue weighted by Gasteiger charge is 2.14. The van der Waals surface area contributed by atoms with Crippen LogP contribution in [0, 0.1) is 0 Å². The van der Waals surface area contributed by atoms with Gasteiger partial charge >= 0.3 is 0 Å². The van der Waals surface area contributed by atoms with Crippen molar-refractivity contribution in [3.63, 3.8) is 0 Å². The maximum Gasteiger partial charge on any atom is 0.123 e. The average Bonchev–Trinajstić information content (AvgIpc) is 2.69. The van der Waals surface area contributed by atoms with Gasteiger partial charge in [0.25, 0.3) is 0 Å². The van der Waals surface area contributed by atoms with Gasteiger partial charge in [-0.15, -0.1) is 0 Å². The largest absolute Gasteiger partial charge is 0.491 e. The number of aliphatic hydroxyl groups excluding tert-OH is 1. The summed E-state index contributed by atoms with van der Waals surface area (Å²) in [6.07, 6.45) is 0. The Kier molecular flexibility index (Phi) is 6.21. The molecule has 25 heavy (non-hydrogen) atoms. The molecule has 3 aromatic rings. The smallest absolute Gasteiger partial charge is 0.123 e. The Morgan fingerprint density at radius 3 is 1.92 bits per heavy atom. The second kappa shape index (κ2) is 9.02. The van der Waals surface area contributed by atoms with Crippen LogP contribution in [-0.4, -0.2) is 18.3 Å². The third-order valence-corrected chi connectivity index (χ3v) is 4.08. The van der Waals surface area contributed by atoms with Crippen molar-refractivity contribution in [1.29, 1.82) is 0 Å². The molecule has 0 radical (unpaired) electrons. The van der Waals surface area contributed by atoms with Gasteiger partial charge in [0.2, 0.25) is 0 Å². The van der Waals surface area contributed by atoms with Crippen LogP contribution >= 0.6 is 0 Å². The van der Waals surface area contributed by atoms with Crippen molar-refractivity contribution in [2.45, 2.75) is 12.6 Å². The van der Waals surface area contributed by atoms with Crippen LogP contribution in [0.3, 0.4) is 0 Å². The summed E-state index contributed by atoms with van der Waals surface area (Å²) in [6.45, 7) is 0.992. The molecular formula is C22H23NO2. The molecule has 0 unspecified atom stereocenters. The summed E-state index contributed by atoms with van der Waals surface area (Å²) in [5.41, 5.74) is 3.53. The van der Waals surface area contributed by atoms with Crippen LogP contribution in [0.15, 0.2) is 84.9 Å². The predicted octanol–water partition coefficient (Wildman–Crippen LogP) is 3.94. The third-order valence-electron chi connectivity index (χ3n) is 4.08. The number of rotatable bonds is 8. The maximum atomic E-state index is 8.99. The number of hydrogen-bond donors (Lipinski definition) is 2. The van der Waals surface area contributed by atoms with Crippen molar-refractivity contribution >= 4 is 0 Å². The Hall–Kier alpha value is -2.62. The van der Waals surface area contributed by atoms with Crippen molar-refractivity contribution in [1.82, 2.24) is 5.32 Å². The number of ether oxygens (including phenoxy) is 1. The molecule has 0 spiro atoms. The minimum absolute atomic E-state index is 0.0123. The lowest BCUT2D eigenvalue weighted by Gasteiger charge is -2.21. The fourth-order valence-electron chi connectivity index (χ4n) is 2.88. The van der Waals surface area contributed by atoms with Gasteiger partial charge in [-0.05, 0) is 17.2 Å². The van der Waals surface area contributed by atoms with E-state index in [0.717, 1.165) is 11.3 Å². The summed E-state index contributed by atoms with van der Waals surface area (Å²) in [7, 11) is 0. The Bertz CT molecular complexity index is 720. The average molecular weight is 333 g/mol. The lowest BCUT2D eigenvalue weighted by molar-refractivity contribution is 0.200. The molecule has 0 aromatic heterocycles. The first-order chi connectivity index (χ1) is 12.4. The normalized spacial score (nSPS) is 10.8. The molecule has 3 nitrogen and oxygen atoms in total. The highest BCUT2D eigenvalue weighted by atomic mass is 16.5. The molecular weight excluding hydrogens is 310 g/mol. The van der Waals surface area contributed by atoms with Gasteiger partial charge in [-0.25, -0.2) is 0 Å². The maximum absolute atomic E-state index is 8.99. The molecule has 3 aromatic carbocycles. The third kappa shape index (κ3) is 4.69. The summed E-state index contributed by atoms with van der Waals surface area (Å²) in [4.78, 5) is 0. The molecule has 0 saturated carbocycles. The standard InChI is InChI=1S/C22H23NO2/c24-15-16-25-21-14-8-7-13-20(21)17-23-22(18-9-3-1-4-10-18)19-11-5-2-6-12-19/h1-14,22-24H,15-17H2. The second-order valence-corrected chi connectivity index (χ2v) is 5.82. The molecule has 0 heterocycles. The van der Waals surface area contributed by atoms with Crippen LogP contribution in [0.4, 0.5) is 0 Å². The highest BCUT2D eigenvalue weighted by molar-refractivity contribution is 5.35. The van der Waals surface area contributed by atoms with Gasteiger partial charge in [-0.3, -0.25) is 0 Å². The van der Waals surface area contributed by atoms with E-state index in [1.54, 1.807) is 0 Å². The van der Waals surface area contributed by atoms with Gasteiger partial charge in [0.1, 0.15) is 12.4 Å². The van der Waals surface area contributed by atoms with Crippen LogP contribution in [-0.2, 0) is 6.54 Å². The van der Waals surface area contributed by atoms with E-state index in [9.17, 15) is 0 Å². The van der Waals surface area contributed by atoms with E-state index in [1.165, 1.54) is 11.1 Å². The molecule has 3 rings (SSSR count). The van der Waals surface area contributed by atoms with Crippen molar-refractivity contribution in [3.05, 3.63) is 102 Å². The number of aliphatic hydroxyl groups is 1. The minimum Gasteiger partial charge on any atom is -0.491 e. The van der Waals surface area contributed by atoms with Crippen LogP contribution in [0.1, 0.15) is 22.7 Å². The lowest BCUT2D eigenvalue weighted by Crippen LogP contribution is -2.22. The molecule has 0 aliphatic rings. The van der Waals surface area contributed by atoms with Crippen LogP contribution in [0.2, 0.25) is 0 Å². The van der Waals surface area contributed by atoms with E-state index in [-0.39, 0.29) is 12.6 Å². The fraction of sp³-hybridized carbons (Fsp3) is 0.182. The molecule has 0 saturated heterocycles. The molecule has 3 heteroatoms. The van der Waals surface area contributed by atoms with Gasteiger partial charge in [0, 0.05) is 12.1 Å². The number of hydrogen-bond acceptors (Lipinski definition) is 3. The van der Waals surface area contributed by atoms with Crippen LogP contribution < -0.4 is 10.1 Å². The number of nitrogens with one attached hydrogen (secondary N) is 1. The Morgan fingerprint density at radius 1 is 0.760 bits per heavy atom. The van der Waals surface area contributed by atoms with E-state index in [4.69, 9.17) is 9.84 Å². The first-order valence-electron chi connectivity index (χ1n) is 8.53. The zero-order chi connectivity index (χ0) is 17.3. The summed E-state index contributed by atoms with van der Waals surface area (Å²) >= 11 is 0. The molecule has 2 N–H and O–H groups in total. The van der Waals surface area contributed by atoms with Gasteiger partial charge in [-0.2, -0.15) is 0 Å².